The molecule has 1 aromatic rings. The quantitative estimate of drug-likeness (QED) is 0.686. The third-order valence-corrected chi connectivity index (χ3v) is 4.54. The van der Waals surface area contributed by atoms with Crippen molar-refractivity contribution >= 4 is 27.8 Å². The minimum absolute atomic E-state index is 0.0444. The van der Waals surface area contributed by atoms with Crippen LogP contribution < -0.4 is 5.32 Å². The first-order valence-electron chi connectivity index (χ1n) is 7.37. The molecule has 1 aliphatic rings. The maximum atomic E-state index is 11.9. The average molecular weight is 370 g/mol. The molecule has 120 valence electrons. The Bertz CT molecular complexity index is 561. The third kappa shape index (κ3) is 4.55. The van der Waals surface area contributed by atoms with E-state index in [4.69, 9.17) is 10.2 Å². The standard InChI is InChI=1S/C16H20BrNO4/c17-13-3-4-14-11(7-13)1-2-12(14)8-18-15(20)5-10(9-19)6-16(21)22/h3-4,7,10,12,19H,1-2,5-6,8-9H2,(H,18,20)(H,21,22). The minimum Gasteiger partial charge on any atom is -0.481 e. The second-order valence-corrected chi connectivity index (χ2v) is 6.65. The summed E-state index contributed by atoms with van der Waals surface area (Å²) in [6.45, 7) is 0.263. The van der Waals surface area contributed by atoms with Crippen molar-refractivity contribution in [2.75, 3.05) is 13.2 Å². The monoisotopic (exact) mass is 369 g/mol. The van der Waals surface area contributed by atoms with E-state index in [0.717, 1.165) is 17.3 Å². The summed E-state index contributed by atoms with van der Waals surface area (Å²) in [5.74, 6) is -1.42. The summed E-state index contributed by atoms with van der Waals surface area (Å²) in [7, 11) is 0. The van der Waals surface area contributed by atoms with Gasteiger partial charge in [-0.05, 0) is 36.1 Å². The van der Waals surface area contributed by atoms with Crippen LogP contribution in [0.3, 0.4) is 0 Å². The predicted octanol–water partition coefficient (Wildman–Crippen LogP) is 2.07. The van der Waals surface area contributed by atoms with Crippen LogP contribution in [0.1, 0.15) is 36.3 Å². The van der Waals surface area contributed by atoms with E-state index in [-0.39, 0.29) is 25.4 Å². The number of aliphatic carboxylic acids is 1. The molecule has 2 atom stereocenters. The molecule has 0 aliphatic heterocycles. The van der Waals surface area contributed by atoms with Crippen molar-refractivity contribution in [2.24, 2.45) is 5.92 Å². The lowest BCUT2D eigenvalue weighted by Crippen LogP contribution is -2.30. The first kappa shape index (κ1) is 17.0. The van der Waals surface area contributed by atoms with E-state index in [0.29, 0.717) is 12.5 Å². The molecule has 6 heteroatoms. The Hall–Kier alpha value is -1.40. The molecule has 0 bridgehead atoms. The number of amides is 1. The Morgan fingerprint density at radius 1 is 1.36 bits per heavy atom. The molecule has 0 radical (unpaired) electrons. The van der Waals surface area contributed by atoms with E-state index in [1.165, 1.54) is 11.1 Å². The molecule has 0 heterocycles. The third-order valence-electron chi connectivity index (χ3n) is 4.05. The smallest absolute Gasteiger partial charge is 0.303 e. The Balaban J connectivity index is 1.84. The summed E-state index contributed by atoms with van der Waals surface area (Å²) in [6, 6.07) is 6.21. The van der Waals surface area contributed by atoms with Crippen molar-refractivity contribution in [1.29, 1.82) is 0 Å². The molecule has 1 aliphatic carbocycles. The molecule has 0 spiro atoms. The molecule has 5 nitrogen and oxygen atoms in total. The van der Waals surface area contributed by atoms with E-state index in [2.05, 4.69) is 33.4 Å². The topological polar surface area (TPSA) is 86.6 Å². The van der Waals surface area contributed by atoms with Gasteiger partial charge in [-0.3, -0.25) is 9.59 Å². The van der Waals surface area contributed by atoms with Crippen LogP contribution in [0.4, 0.5) is 0 Å². The predicted molar refractivity (Wildman–Crippen MR) is 85.7 cm³/mol. The molecule has 0 saturated carbocycles. The molecule has 0 saturated heterocycles. The van der Waals surface area contributed by atoms with Crippen molar-refractivity contribution < 1.29 is 19.8 Å². The van der Waals surface area contributed by atoms with E-state index in [9.17, 15) is 9.59 Å². The fourth-order valence-corrected chi connectivity index (χ4v) is 3.31. The normalized spacial score (nSPS) is 17.8. The van der Waals surface area contributed by atoms with Crippen LogP contribution in [-0.4, -0.2) is 35.2 Å². The Morgan fingerprint density at radius 2 is 2.14 bits per heavy atom. The molecule has 2 rings (SSSR count). The number of fused-ring (bicyclic) bond motifs is 1. The van der Waals surface area contributed by atoms with Crippen LogP contribution in [0.15, 0.2) is 22.7 Å². The zero-order valence-corrected chi connectivity index (χ0v) is 13.8. The Morgan fingerprint density at radius 3 is 2.82 bits per heavy atom. The van der Waals surface area contributed by atoms with Crippen molar-refractivity contribution in [1.82, 2.24) is 5.32 Å². The van der Waals surface area contributed by atoms with Crippen molar-refractivity contribution in [3.05, 3.63) is 33.8 Å². The Kier molecular flexibility index (Phi) is 5.97. The molecule has 1 amide bonds. The van der Waals surface area contributed by atoms with Gasteiger partial charge in [0, 0.05) is 35.9 Å². The number of carbonyl (C=O) groups excluding carboxylic acids is 1. The van der Waals surface area contributed by atoms with E-state index < -0.39 is 11.9 Å². The number of rotatable bonds is 7. The highest BCUT2D eigenvalue weighted by molar-refractivity contribution is 9.10. The van der Waals surface area contributed by atoms with Crippen molar-refractivity contribution in [2.45, 2.75) is 31.6 Å². The zero-order chi connectivity index (χ0) is 16.1. The SMILES string of the molecule is O=C(O)CC(CO)CC(=O)NCC1CCc2cc(Br)ccc21. The fraction of sp³-hybridized carbons (Fsp3) is 0.500. The molecule has 2 unspecified atom stereocenters. The van der Waals surface area contributed by atoms with Crippen LogP contribution >= 0.6 is 15.9 Å². The number of hydrogen-bond acceptors (Lipinski definition) is 3. The van der Waals surface area contributed by atoms with Crippen molar-refractivity contribution in [3.8, 4) is 0 Å². The second-order valence-electron chi connectivity index (χ2n) is 5.73. The highest BCUT2D eigenvalue weighted by Gasteiger charge is 2.23. The maximum Gasteiger partial charge on any atom is 0.303 e. The number of nitrogens with one attached hydrogen (secondary N) is 1. The van der Waals surface area contributed by atoms with E-state index >= 15 is 0 Å². The van der Waals surface area contributed by atoms with Crippen LogP contribution in [0.5, 0.6) is 0 Å². The number of aliphatic hydroxyl groups is 1. The van der Waals surface area contributed by atoms with Gasteiger partial charge in [-0.2, -0.15) is 0 Å². The number of carbonyl (C=O) groups is 2. The molecule has 22 heavy (non-hydrogen) atoms. The lowest BCUT2D eigenvalue weighted by Gasteiger charge is -2.15. The van der Waals surface area contributed by atoms with Crippen LogP contribution in [0.25, 0.3) is 0 Å². The van der Waals surface area contributed by atoms with Gasteiger partial charge in [-0.1, -0.05) is 22.0 Å². The number of aryl methyl sites for hydroxylation is 1. The van der Waals surface area contributed by atoms with Gasteiger partial charge in [0.2, 0.25) is 5.91 Å². The number of carboxylic acid groups (broad SMARTS) is 1. The first-order valence-corrected chi connectivity index (χ1v) is 8.16. The minimum atomic E-state index is -0.998. The van der Waals surface area contributed by atoms with Gasteiger partial charge in [-0.25, -0.2) is 0 Å². The van der Waals surface area contributed by atoms with Gasteiger partial charge in [0.15, 0.2) is 0 Å². The molecular formula is C16H20BrNO4. The lowest BCUT2D eigenvalue weighted by atomic mass is 10.00. The van der Waals surface area contributed by atoms with Gasteiger partial charge in [-0.15, -0.1) is 0 Å². The average Bonchev–Trinajstić information content (AvgIpc) is 2.86. The Labute approximate surface area is 137 Å². The summed E-state index contributed by atoms with van der Waals surface area (Å²) in [5, 5.41) is 20.7. The van der Waals surface area contributed by atoms with Gasteiger partial charge < -0.3 is 15.5 Å². The lowest BCUT2D eigenvalue weighted by molar-refractivity contribution is -0.138. The number of aliphatic hydroxyl groups excluding tert-OH is 1. The number of carboxylic acids is 1. The summed E-state index contributed by atoms with van der Waals surface area (Å²) in [5.41, 5.74) is 2.58. The molecular weight excluding hydrogens is 350 g/mol. The first-order chi connectivity index (χ1) is 10.5. The molecule has 0 aromatic heterocycles. The van der Waals surface area contributed by atoms with Crippen molar-refractivity contribution in [3.63, 3.8) is 0 Å². The summed E-state index contributed by atoms with van der Waals surface area (Å²) in [6.07, 6.45) is 1.87. The van der Waals surface area contributed by atoms with Crippen LogP contribution in [0.2, 0.25) is 0 Å². The summed E-state index contributed by atoms with van der Waals surface area (Å²) >= 11 is 3.46. The maximum absolute atomic E-state index is 11.9. The van der Waals surface area contributed by atoms with Crippen LogP contribution in [0, 0.1) is 5.92 Å². The van der Waals surface area contributed by atoms with Crippen LogP contribution in [-0.2, 0) is 16.0 Å². The van der Waals surface area contributed by atoms with Gasteiger partial charge in [0.1, 0.15) is 0 Å². The molecule has 0 fully saturated rings. The zero-order valence-electron chi connectivity index (χ0n) is 12.2. The van der Waals surface area contributed by atoms with Gasteiger partial charge >= 0.3 is 5.97 Å². The highest BCUT2D eigenvalue weighted by Crippen LogP contribution is 2.34. The number of benzene rings is 1. The summed E-state index contributed by atoms with van der Waals surface area (Å²) < 4.78 is 1.07. The van der Waals surface area contributed by atoms with Gasteiger partial charge in [0.25, 0.3) is 0 Å². The number of halogens is 1. The highest BCUT2D eigenvalue weighted by atomic mass is 79.9. The molecule has 1 aromatic carbocycles. The largest absolute Gasteiger partial charge is 0.481 e. The van der Waals surface area contributed by atoms with E-state index in [1.54, 1.807) is 0 Å². The number of hydrogen-bond donors (Lipinski definition) is 3. The molecule has 3 N–H and O–H groups in total. The fourth-order valence-electron chi connectivity index (χ4n) is 2.91. The van der Waals surface area contributed by atoms with E-state index in [1.807, 2.05) is 6.07 Å². The van der Waals surface area contributed by atoms with Gasteiger partial charge in [0.05, 0.1) is 6.42 Å². The summed E-state index contributed by atoms with van der Waals surface area (Å²) in [4.78, 5) is 22.5. The second kappa shape index (κ2) is 7.74.